The average molecular weight is 331 g/mol. The number of carbonyl (C=O) groups is 1. The zero-order valence-electron chi connectivity index (χ0n) is 12.8. The van der Waals surface area contributed by atoms with Gasteiger partial charge in [-0.25, -0.2) is 0 Å². The van der Waals surface area contributed by atoms with Gasteiger partial charge in [0.15, 0.2) is 0 Å². The minimum atomic E-state index is -1.13. The fourth-order valence-electron chi connectivity index (χ4n) is 3.00. The first-order valence-electron chi connectivity index (χ1n) is 7.77. The van der Waals surface area contributed by atoms with Crippen LogP contribution in [0.25, 0.3) is 0 Å². The molecule has 0 radical (unpaired) electrons. The van der Waals surface area contributed by atoms with Crippen molar-refractivity contribution in [3.8, 4) is 0 Å². The van der Waals surface area contributed by atoms with Crippen molar-refractivity contribution in [3.05, 3.63) is 64.7 Å². The van der Waals surface area contributed by atoms with Gasteiger partial charge in [-0.2, -0.15) is 0 Å². The van der Waals surface area contributed by atoms with Crippen molar-refractivity contribution in [2.75, 3.05) is 31.1 Å². The van der Waals surface area contributed by atoms with Crippen molar-refractivity contribution in [2.24, 2.45) is 0 Å². The second-order valence-corrected chi connectivity index (χ2v) is 6.26. The van der Waals surface area contributed by atoms with E-state index in [4.69, 9.17) is 11.6 Å². The SMILES string of the molecule is O=C([O-])c1ccc(C[NH+]2CCN(c3ccccc3Cl)CC2)cc1. The molecule has 1 fully saturated rings. The molecule has 1 N–H and O–H groups in total. The molecule has 0 atom stereocenters. The maximum Gasteiger partial charge on any atom is 0.103 e. The van der Waals surface area contributed by atoms with Gasteiger partial charge >= 0.3 is 0 Å². The Morgan fingerprint density at radius 2 is 1.74 bits per heavy atom. The predicted molar refractivity (Wildman–Crippen MR) is 88.8 cm³/mol. The van der Waals surface area contributed by atoms with E-state index in [1.165, 1.54) is 4.90 Å². The molecule has 0 aliphatic carbocycles. The summed E-state index contributed by atoms with van der Waals surface area (Å²) in [6.45, 7) is 4.91. The molecule has 0 saturated carbocycles. The number of piperazine rings is 1. The minimum Gasteiger partial charge on any atom is -0.545 e. The Balaban J connectivity index is 1.57. The predicted octanol–water partition coefficient (Wildman–Crippen LogP) is 0.609. The molecule has 0 unspecified atom stereocenters. The van der Waals surface area contributed by atoms with Crippen LogP contribution in [0.3, 0.4) is 0 Å². The third kappa shape index (κ3) is 3.84. The molecule has 23 heavy (non-hydrogen) atoms. The number of benzene rings is 2. The number of halogens is 1. The van der Waals surface area contributed by atoms with Crippen molar-refractivity contribution < 1.29 is 14.8 Å². The molecule has 3 rings (SSSR count). The monoisotopic (exact) mass is 330 g/mol. The fraction of sp³-hybridized carbons (Fsp3) is 0.278. The molecule has 0 aromatic heterocycles. The van der Waals surface area contributed by atoms with Crippen LogP contribution in [0, 0.1) is 0 Å². The van der Waals surface area contributed by atoms with Gasteiger partial charge in [0.1, 0.15) is 6.54 Å². The van der Waals surface area contributed by atoms with Gasteiger partial charge in [0, 0.05) is 5.56 Å². The first-order valence-corrected chi connectivity index (χ1v) is 8.14. The number of para-hydroxylation sites is 1. The molecule has 1 saturated heterocycles. The smallest absolute Gasteiger partial charge is 0.103 e. The van der Waals surface area contributed by atoms with Crippen LogP contribution in [0.1, 0.15) is 15.9 Å². The van der Waals surface area contributed by atoms with Gasteiger partial charge in [-0.05, 0) is 17.7 Å². The fourth-order valence-corrected chi connectivity index (χ4v) is 3.25. The van der Waals surface area contributed by atoms with Crippen LogP contribution in [0.2, 0.25) is 5.02 Å². The van der Waals surface area contributed by atoms with E-state index in [9.17, 15) is 9.90 Å². The Kier molecular flexibility index (Phi) is 4.84. The number of anilines is 1. The molecule has 1 aliphatic heterocycles. The van der Waals surface area contributed by atoms with Gasteiger partial charge in [0.2, 0.25) is 0 Å². The van der Waals surface area contributed by atoms with Gasteiger partial charge in [-0.3, -0.25) is 0 Å². The van der Waals surface area contributed by atoms with Gasteiger partial charge in [0.25, 0.3) is 0 Å². The van der Waals surface area contributed by atoms with Crippen LogP contribution in [0.15, 0.2) is 48.5 Å². The molecule has 4 nitrogen and oxygen atoms in total. The third-order valence-corrected chi connectivity index (χ3v) is 4.63. The maximum absolute atomic E-state index is 10.8. The normalized spacial score (nSPS) is 15.6. The van der Waals surface area contributed by atoms with Crippen LogP contribution < -0.4 is 14.9 Å². The van der Waals surface area contributed by atoms with Crippen molar-refractivity contribution in [1.29, 1.82) is 0 Å². The molecule has 2 aromatic carbocycles. The van der Waals surface area contributed by atoms with Gasteiger partial charge in [-0.15, -0.1) is 0 Å². The topological polar surface area (TPSA) is 47.8 Å². The van der Waals surface area contributed by atoms with E-state index in [1.807, 2.05) is 30.3 Å². The molecule has 0 spiro atoms. The summed E-state index contributed by atoms with van der Waals surface area (Å²) in [6, 6.07) is 14.9. The van der Waals surface area contributed by atoms with Gasteiger partial charge < -0.3 is 19.7 Å². The molecule has 2 aromatic rings. The summed E-state index contributed by atoms with van der Waals surface area (Å²) in [4.78, 5) is 14.6. The summed E-state index contributed by atoms with van der Waals surface area (Å²) in [5, 5.41) is 11.6. The molecule has 5 heteroatoms. The summed E-state index contributed by atoms with van der Waals surface area (Å²) >= 11 is 6.26. The summed E-state index contributed by atoms with van der Waals surface area (Å²) in [5.41, 5.74) is 2.48. The number of hydrogen-bond acceptors (Lipinski definition) is 3. The highest BCUT2D eigenvalue weighted by molar-refractivity contribution is 6.33. The van der Waals surface area contributed by atoms with Gasteiger partial charge in [-0.1, -0.05) is 48.0 Å². The zero-order chi connectivity index (χ0) is 16.2. The molecular formula is C18H19ClN2O2. The van der Waals surface area contributed by atoms with Crippen LogP contribution >= 0.6 is 11.6 Å². The second kappa shape index (κ2) is 7.02. The van der Waals surface area contributed by atoms with Crippen molar-refractivity contribution in [2.45, 2.75) is 6.54 Å². The third-order valence-electron chi connectivity index (χ3n) is 4.31. The van der Waals surface area contributed by atoms with Crippen molar-refractivity contribution in [3.63, 3.8) is 0 Å². The quantitative estimate of drug-likeness (QED) is 0.893. The van der Waals surface area contributed by atoms with E-state index >= 15 is 0 Å². The lowest BCUT2D eigenvalue weighted by atomic mass is 10.1. The Morgan fingerprint density at radius 3 is 2.35 bits per heavy atom. The van der Waals surface area contributed by atoms with E-state index in [0.717, 1.165) is 49.0 Å². The average Bonchev–Trinajstić information content (AvgIpc) is 2.57. The van der Waals surface area contributed by atoms with Gasteiger partial charge in [0.05, 0.1) is 42.9 Å². The number of nitrogens with one attached hydrogen (secondary N) is 1. The van der Waals surface area contributed by atoms with Crippen molar-refractivity contribution in [1.82, 2.24) is 0 Å². The highest BCUT2D eigenvalue weighted by Gasteiger charge is 2.21. The number of carboxylic acid groups (broad SMARTS) is 1. The molecule has 0 amide bonds. The standard InChI is InChI=1S/C18H19ClN2O2/c19-16-3-1-2-4-17(16)21-11-9-20(10-12-21)13-14-5-7-15(8-6-14)18(22)23/h1-8H,9-13H2,(H,22,23). The summed E-state index contributed by atoms with van der Waals surface area (Å²) < 4.78 is 0. The lowest BCUT2D eigenvalue weighted by molar-refractivity contribution is -0.914. The van der Waals surface area contributed by atoms with Crippen LogP contribution in [-0.2, 0) is 6.54 Å². The Labute approximate surface area is 140 Å². The lowest BCUT2D eigenvalue weighted by Crippen LogP contribution is -3.13. The van der Waals surface area contributed by atoms with E-state index in [-0.39, 0.29) is 5.56 Å². The molecule has 1 aliphatic rings. The van der Waals surface area contributed by atoms with E-state index in [0.29, 0.717) is 0 Å². The molecule has 0 bridgehead atoms. The highest BCUT2D eigenvalue weighted by Crippen LogP contribution is 2.24. The first kappa shape index (κ1) is 15.8. The molecule has 120 valence electrons. The zero-order valence-corrected chi connectivity index (χ0v) is 13.6. The number of aromatic carboxylic acids is 1. The Hall–Kier alpha value is -2.04. The lowest BCUT2D eigenvalue weighted by Gasteiger charge is -2.34. The molecule has 1 heterocycles. The summed E-state index contributed by atoms with van der Waals surface area (Å²) in [6.07, 6.45) is 0. The number of nitrogens with zero attached hydrogens (tertiary/aromatic N) is 1. The van der Waals surface area contributed by atoms with Crippen LogP contribution in [0.4, 0.5) is 5.69 Å². The summed E-state index contributed by atoms with van der Waals surface area (Å²) in [7, 11) is 0. The number of carbonyl (C=O) groups excluding carboxylic acids is 1. The maximum atomic E-state index is 10.8. The summed E-state index contributed by atoms with van der Waals surface area (Å²) in [5.74, 6) is -1.13. The number of quaternary nitrogens is 1. The molecular weight excluding hydrogens is 312 g/mol. The highest BCUT2D eigenvalue weighted by atomic mass is 35.5. The Morgan fingerprint density at radius 1 is 1.09 bits per heavy atom. The van der Waals surface area contributed by atoms with Crippen molar-refractivity contribution >= 4 is 23.3 Å². The number of carboxylic acids is 1. The largest absolute Gasteiger partial charge is 0.545 e. The minimum absolute atomic E-state index is 0.229. The second-order valence-electron chi connectivity index (χ2n) is 5.85. The van der Waals surface area contributed by atoms with Crippen LogP contribution in [0.5, 0.6) is 0 Å². The van der Waals surface area contributed by atoms with E-state index in [1.54, 1.807) is 12.1 Å². The number of rotatable bonds is 4. The van der Waals surface area contributed by atoms with E-state index < -0.39 is 5.97 Å². The number of hydrogen-bond donors (Lipinski definition) is 1. The van der Waals surface area contributed by atoms with E-state index in [2.05, 4.69) is 11.0 Å². The Bertz CT molecular complexity index is 680. The van der Waals surface area contributed by atoms with Crippen LogP contribution in [-0.4, -0.2) is 32.1 Å². The first-order chi connectivity index (χ1) is 11.1.